The van der Waals surface area contributed by atoms with Gasteiger partial charge in [-0.3, -0.25) is 0 Å². The van der Waals surface area contributed by atoms with Crippen molar-refractivity contribution in [1.29, 1.82) is 0 Å². The number of halogens is 3. The van der Waals surface area contributed by atoms with Gasteiger partial charge in [0.1, 0.15) is 11.4 Å². The predicted molar refractivity (Wildman–Crippen MR) is 133 cm³/mol. The van der Waals surface area contributed by atoms with Crippen molar-refractivity contribution in [3.05, 3.63) is 96.1 Å². The molecule has 2 aromatic heterocycles. The Hall–Kier alpha value is -3.77. The minimum Gasteiger partial charge on any atom is -0.166 e. The molecule has 6 aromatic rings. The number of benzene rings is 4. The summed E-state index contributed by atoms with van der Waals surface area (Å²) in [4.78, 5) is 0.973. The lowest BCUT2D eigenvalue weighted by atomic mass is 9.95. The molecule has 4 aromatic carbocycles. The fourth-order valence-electron chi connectivity index (χ4n) is 4.37. The Morgan fingerprint density at radius 2 is 1.29 bits per heavy atom. The van der Waals surface area contributed by atoms with E-state index in [0.717, 1.165) is 48.3 Å². The topological polar surface area (TPSA) is 25.8 Å². The summed E-state index contributed by atoms with van der Waals surface area (Å²) in [6.07, 6.45) is -4.44. The van der Waals surface area contributed by atoms with Gasteiger partial charge in [0.05, 0.1) is 10.4 Å². The van der Waals surface area contributed by atoms with Gasteiger partial charge in [-0.15, -0.1) is 21.5 Å². The minimum atomic E-state index is -4.44. The highest BCUT2D eigenvalue weighted by atomic mass is 32.1. The summed E-state index contributed by atoms with van der Waals surface area (Å²) in [6.45, 7) is 1.80. The van der Waals surface area contributed by atoms with Gasteiger partial charge in [-0.05, 0) is 65.0 Å². The van der Waals surface area contributed by atoms with E-state index in [-0.39, 0.29) is 0 Å². The Morgan fingerprint density at radius 3 is 1.97 bits per heavy atom. The molecule has 2 nitrogen and oxygen atoms in total. The SMILES string of the molecule is Cc1ccc(C(F)(F)F)cc1-c1nnc(-c2cc3ccccc3s2)c2cc3ccccc3cc12. The van der Waals surface area contributed by atoms with Crippen LogP contribution in [0, 0.1) is 6.92 Å². The maximum atomic E-state index is 13.5. The summed E-state index contributed by atoms with van der Waals surface area (Å²) in [5, 5.41) is 13.9. The lowest BCUT2D eigenvalue weighted by Gasteiger charge is -2.14. The molecule has 0 saturated heterocycles. The first-order valence-corrected chi connectivity index (χ1v) is 11.6. The lowest BCUT2D eigenvalue weighted by Crippen LogP contribution is -2.06. The molecular formula is C28H17F3N2S. The maximum absolute atomic E-state index is 13.5. The van der Waals surface area contributed by atoms with Gasteiger partial charge in [0.15, 0.2) is 0 Å². The quantitative estimate of drug-likeness (QED) is 0.237. The van der Waals surface area contributed by atoms with Gasteiger partial charge in [0.2, 0.25) is 0 Å². The van der Waals surface area contributed by atoms with Crippen LogP contribution in [0.3, 0.4) is 0 Å². The Bertz CT molecular complexity index is 1680. The monoisotopic (exact) mass is 470 g/mol. The van der Waals surface area contributed by atoms with Crippen LogP contribution in [-0.4, -0.2) is 10.2 Å². The van der Waals surface area contributed by atoms with Gasteiger partial charge in [-0.2, -0.15) is 13.2 Å². The molecule has 0 radical (unpaired) electrons. The maximum Gasteiger partial charge on any atom is 0.416 e. The van der Waals surface area contributed by atoms with Crippen molar-refractivity contribution >= 4 is 43.0 Å². The predicted octanol–water partition coefficient (Wildman–Crippen LogP) is 8.66. The number of hydrogen-bond donors (Lipinski definition) is 0. The number of aromatic nitrogens is 2. The van der Waals surface area contributed by atoms with Crippen LogP contribution in [0.5, 0.6) is 0 Å². The summed E-state index contributed by atoms with van der Waals surface area (Å²) < 4.78 is 41.6. The van der Waals surface area contributed by atoms with Crippen LogP contribution < -0.4 is 0 Å². The molecule has 166 valence electrons. The third-order valence-electron chi connectivity index (χ3n) is 6.13. The standard InChI is InChI=1S/C28H17F3N2S/c1-16-10-11-20(28(29,30)31)15-21(16)26-22-12-17-6-2-3-7-18(17)13-23(22)27(33-32-26)25-14-19-8-4-5-9-24(19)34-25/h2-15H,1H3. The second-order valence-electron chi connectivity index (χ2n) is 8.32. The van der Waals surface area contributed by atoms with E-state index in [9.17, 15) is 13.2 Å². The first-order valence-electron chi connectivity index (χ1n) is 10.7. The van der Waals surface area contributed by atoms with Crippen molar-refractivity contribution in [2.24, 2.45) is 0 Å². The molecule has 0 atom stereocenters. The fourth-order valence-corrected chi connectivity index (χ4v) is 5.43. The van der Waals surface area contributed by atoms with Crippen LogP contribution in [0.1, 0.15) is 11.1 Å². The van der Waals surface area contributed by atoms with Crippen molar-refractivity contribution in [1.82, 2.24) is 10.2 Å². The Balaban J connectivity index is 1.68. The van der Waals surface area contributed by atoms with E-state index in [1.807, 2.05) is 42.5 Å². The van der Waals surface area contributed by atoms with E-state index < -0.39 is 11.7 Å². The van der Waals surface area contributed by atoms with Crippen LogP contribution >= 0.6 is 11.3 Å². The summed E-state index contributed by atoms with van der Waals surface area (Å²) in [5.74, 6) is 0. The molecule has 0 bridgehead atoms. The van der Waals surface area contributed by atoms with Crippen LogP contribution in [0.15, 0.2) is 84.9 Å². The van der Waals surface area contributed by atoms with Gasteiger partial charge in [0.25, 0.3) is 0 Å². The Labute approximate surface area is 197 Å². The van der Waals surface area contributed by atoms with Crippen molar-refractivity contribution in [2.75, 3.05) is 0 Å². The minimum absolute atomic E-state index is 0.436. The smallest absolute Gasteiger partial charge is 0.166 e. The molecule has 0 aliphatic carbocycles. The normalized spacial score (nSPS) is 12.1. The molecule has 0 amide bonds. The third-order valence-corrected chi connectivity index (χ3v) is 7.25. The molecule has 0 fully saturated rings. The van der Waals surface area contributed by atoms with E-state index in [2.05, 4.69) is 34.5 Å². The Morgan fingerprint density at radius 1 is 0.676 bits per heavy atom. The van der Waals surface area contributed by atoms with Crippen molar-refractivity contribution in [3.63, 3.8) is 0 Å². The molecule has 0 N–H and O–H groups in total. The van der Waals surface area contributed by atoms with Gasteiger partial charge in [0, 0.05) is 21.0 Å². The molecule has 0 saturated carbocycles. The summed E-state index contributed by atoms with van der Waals surface area (Å²) in [6, 6.07) is 26.0. The summed E-state index contributed by atoms with van der Waals surface area (Å²) in [7, 11) is 0. The molecule has 34 heavy (non-hydrogen) atoms. The van der Waals surface area contributed by atoms with Crippen molar-refractivity contribution < 1.29 is 13.2 Å². The number of thiophene rings is 1. The van der Waals surface area contributed by atoms with E-state index in [0.29, 0.717) is 16.8 Å². The van der Waals surface area contributed by atoms with Gasteiger partial charge >= 0.3 is 6.18 Å². The number of fused-ring (bicyclic) bond motifs is 3. The fraction of sp³-hybridized carbons (Fsp3) is 0.0714. The third kappa shape index (κ3) is 3.42. The van der Waals surface area contributed by atoms with Crippen LogP contribution in [0.4, 0.5) is 13.2 Å². The molecule has 6 rings (SSSR count). The highest BCUT2D eigenvalue weighted by molar-refractivity contribution is 7.22. The lowest BCUT2D eigenvalue weighted by molar-refractivity contribution is -0.137. The summed E-state index contributed by atoms with van der Waals surface area (Å²) >= 11 is 1.63. The summed E-state index contributed by atoms with van der Waals surface area (Å²) in [5.41, 5.74) is 1.64. The van der Waals surface area contributed by atoms with Gasteiger partial charge in [-0.25, -0.2) is 0 Å². The van der Waals surface area contributed by atoms with Crippen LogP contribution in [0.25, 0.3) is 53.5 Å². The largest absolute Gasteiger partial charge is 0.416 e. The molecule has 0 spiro atoms. The molecule has 0 aliphatic rings. The average Bonchev–Trinajstić information content (AvgIpc) is 3.26. The zero-order valence-corrected chi connectivity index (χ0v) is 18.8. The Kier molecular flexibility index (Phi) is 4.67. The average molecular weight is 471 g/mol. The number of nitrogens with zero attached hydrogens (tertiary/aromatic N) is 2. The zero-order chi connectivity index (χ0) is 23.4. The van der Waals surface area contributed by atoms with Gasteiger partial charge in [-0.1, -0.05) is 48.5 Å². The van der Waals surface area contributed by atoms with Crippen molar-refractivity contribution in [2.45, 2.75) is 13.1 Å². The zero-order valence-electron chi connectivity index (χ0n) is 18.0. The number of alkyl halides is 3. The molecule has 0 aliphatic heterocycles. The first-order chi connectivity index (χ1) is 16.4. The molecule has 2 heterocycles. The molecule has 6 heteroatoms. The second kappa shape index (κ2) is 7.64. The van der Waals surface area contributed by atoms with Crippen LogP contribution in [0.2, 0.25) is 0 Å². The molecule has 0 unspecified atom stereocenters. The highest BCUT2D eigenvalue weighted by Gasteiger charge is 2.31. The van der Waals surface area contributed by atoms with E-state index in [4.69, 9.17) is 0 Å². The van der Waals surface area contributed by atoms with Gasteiger partial charge < -0.3 is 0 Å². The first kappa shape index (κ1) is 20.8. The van der Waals surface area contributed by atoms with E-state index >= 15 is 0 Å². The second-order valence-corrected chi connectivity index (χ2v) is 9.40. The number of hydrogen-bond acceptors (Lipinski definition) is 3. The van der Waals surface area contributed by atoms with E-state index in [1.165, 1.54) is 12.1 Å². The van der Waals surface area contributed by atoms with E-state index in [1.54, 1.807) is 18.3 Å². The van der Waals surface area contributed by atoms with Crippen molar-refractivity contribution in [3.8, 4) is 21.8 Å². The highest BCUT2D eigenvalue weighted by Crippen LogP contribution is 2.41. The molecular weight excluding hydrogens is 453 g/mol. The van der Waals surface area contributed by atoms with Crippen LogP contribution in [-0.2, 0) is 6.18 Å². The number of rotatable bonds is 2. The number of aryl methyl sites for hydroxylation is 1.